The third-order valence-corrected chi connectivity index (χ3v) is 6.31. The summed E-state index contributed by atoms with van der Waals surface area (Å²) in [5.74, 6) is -0.746. The van der Waals surface area contributed by atoms with Gasteiger partial charge in [0.1, 0.15) is 5.82 Å². The maximum absolute atomic E-state index is 13.0. The second-order valence-electron chi connectivity index (χ2n) is 6.92. The Bertz CT molecular complexity index is 937. The van der Waals surface area contributed by atoms with E-state index in [9.17, 15) is 17.6 Å². The van der Waals surface area contributed by atoms with Gasteiger partial charge in [-0.15, -0.1) is 0 Å². The topological polar surface area (TPSA) is 75.7 Å². The number of sulfonamides is 1. The molecule has 2 atom stereocenters. The van der Waals surface area contributed by atoms with Crippen LogP contribution in [-0.2, 0) is 21.3 Å². The first kappa shape index (κ1) is 20.4. The van der Waals surface area contributed by atoms with Gasteiger partial charge in [-0.2, -0.15) is 4.31 Å². The number of morpholine rings is 1. The van der Waals surface area contributed by atoms with Crippen LogP contribution in [0.5, 0.6) is 0 Å². The molecule has 1 N–H and O–H groups in total. The SMILES string of the molecule is C[C@@H]1CN(S(=O)(=O)c2cccc(C(=O)NCc3ccc(F)cc3)c2)C[C@@H](C)O1. The van der Waals surface area contributed by atoms with Crippen molar-refractivity contribution in [3.63, 3.8) is 0 Å². The van der Waals surface area contributed by atoms with Gasteiger partial charge in [0.15, 0.2) is 0 Å². The Hall–Kier alpha value is -2.29. The van der Waals surface area contributed by atoms with Crippen molar-refractivity contribution in [3.05, 3.63) is 65.5 Å². The largest absolute Gasteiger partial charge is 0.373 e. The van der Waals surface area contributed by atoms with E-state index < -0.39 is 15.9 Å². The van der Waals surface area contributed by atoms with E-state index in [1.165, 1.54) is 28.6 Å². The number of nitrogens with one attached hydrogen (secondary N) is 1. The van der Waals surface area contributed by atoms with Crippen molar-refractivity contribution >= 4 is 15.9 Å². The molecular formula is C20H23FN2O4S. The Morgan fingerprint density at radius 1 is 1.14 bits per heavy atom. The average Bonchev–Trinajstić information content (AvgIpc) is 2.66. The lowest BCUT2D eigenvalue weighted by Gasteiger charge is -2.34. The fourth-order valence-electron chi connectivity index (χ4n) is 3.16. The molecule has 0 spiro atoms. The zero-order valence-electron chi connectivity index (χ0n) is 15.8. The minimum atomic E-state index is -3.72. The molecule has 28 heavy (non-hydrogen) atoms. The van der Waals surface area contributed by atoms with Crippen LogP contribution in [-0.4, -0.2) is 43.9 Å². The van der Waals surface area contributed by atoms with E-state index >= 15 is 0 Å². The van der Waals surface area contributed by atoms with E-state index in [0.29, 0.717) is 0 Å². The highest BCUT2D eigenvalue weighted by molar-refractivity contribution is 7.89. The first-order valence-corrected chi connectivity index (χ1v) is 10.5. The summed E-state index contributed by atoms with van der Waals surface area (Å²) in [6.45, 7) is 4.42. The summed E-state index contributed by atoms with van der Waals surface area (Å²) in [7, 11) is -3.72. The highest BCUT2D eigenvalue weighted by Gasteiger charge is 2.32. The second kappa shape index (κ2) is 8.38. The zero-order valence-corrected chi connectivity index (χ0v) is 16.6. The van der Waals surface area contributed by atoms with Crippen molar-refractivity contribution in [3.8, 4) is 0 Å². The molecule has 2 aromatic carbocycles. The third kappa shape index (κ3) is 4.76. The number of nitrogens with zero attached hydrogens (tertiary/aromatic N) is 1. The van der Waals surface area contributed by atoms with E-state index in [-0.39, 0.29) is 48.1 Å². The van der Waals surface area contributed by atoms with E-state index in [2.05, 4.69) is 5.32 Å². The van der Waals surface area contributed by atoms with Gasteiger partial charge in [0.25, 0.3) is 5.91 Å². The molecule has 0 aliphatic carbocycles. The van der Waals surface area contributed by atoms with Gasteiger partial charge in [-0.1, -0.05) is 18.2 Å². The fraction of sp³-hybridized carbons (Fsp3) is 0.350. The number of halogens is 1. The first-order chi connectivity index (χ1) is 13.3. The van der Waals surface area contributed by atoms with Crippen molar-refractivity contribution < 1.29 is 22.3 Å². The zero-order chi connectivity index (χ0) is 20.3. The van der Waals surface area contributed by atoms with Gasteiger partial charge in [0.2, 0.25) is 10.0 Å². The summed E-state index contributed by atoms with van der Waals surface area (Å²) in [5.41, 5.74) is 0.993. The van der Waals surface area contributed by atoms with Crippen LogP contribution in [0.1, 0.15) is 29.8 Å². The van der Waals surface area contributed by atoms with Gasteiger partial charge in [0, 0.05) is 25.2 Å². The van der Waals surface area contributed by atoms with E-state index in [1.54, 1.807) is 24.3 Å². The monoisotopic (exact) mass is 406 g/mol. The Labute approximate surface area is 164 Å². The molecule has 2 aromatic rings. The Balaban J connectivity index is 1.73. The van der Waals surface area contributed by atoms with Gasteiger partial charge >= 0.3 is 0 Å². The van der Waals surface area contributed by atoms with Gasteiger partial charge < -0.3 is 10.1 Å². The Kier molecular flexibility index (Phi) is 6.12. The molecule has 3 rings (SSSR count). The molecule has 0 unspecified atom stereocenters. The predicted octanol–water partition coefficient (Wildman–Crippen LogP) is 2.55. The summed E-state index contributed by atoms with van der Waals surface area (Å²) < 4.78 is 45.9. The molecular weight excluding hydrogens is 383 g/mol. The number of carbonyl (C=O) groups is 1. The van der Waals surface area contributed by atoms with Crippen LogP contribution in [0.2, 0.25) is 0 Å². The molecule has 0 saturated carbocycles. The standard InChI is InChI=1S/C20H23FN2O4S/c1-14-12-23(13-15(2)27-14)28(25,26)19-5-3-4-17(10-19)20(24)22-11-16-6-8-18(21)9-7-16/h3-10,14-15H,11-13H2,1-2H3,(H,22,24)/t14-,15-/m1/s1. The van der Waals surface area contributed by atoms with Gasteiger partial charge in [-0.05, 0) is 49.7 Å². The molecule has 150 valence electrons. The van der Waals surface area contributed by atoms with E-state index in [1.807, 2.05) is 13.8 Å². The summed E-state index contributed by atoms with van der Waals surface area (Å²) in [5, 5.41) is 2.72. The van der Waals surface area contributed by atoms with Crippen molar-refractivity contribution in [1.29, 1.82) is 0 Å². The summed E-state index contributed by atoms with van der Waals surface area (Å²) in [6.07, 6.45) is -0.388. The molecule has 0 radical (unpaired) electrons. The molecule has 1 fully saturated rings. The van der Waals surface area contributed by atoms with Crippen LogP contribution in [0, 0.1) is 5.82 Å². The molecule has 0 aromatic heterocycles. The fourth-order valence-corrected chi connectivity index (χ4v) is 4.80. The molecule has 1 aliphatic heterocycles. The van der Waals surface area contributed by atoms with Crippen LogP contribution in [0.15, 0.2) is 53.4 Å². The number of hydrogen-bond acceptors (Lipinski definition) is 4. The molecule has 1 heterocycles. The highest BCUT2D eigenvalue weighted by Crippen LogP contribution is 2.22. The van der Waals surface area contributed by atoms with Gasteiger partial charge in [-0.25, -0.2) is 12.8 Å². The predicted molar refractivity (Wildman–Crippen MR) is 103 cm³/mol. The minimum Gasteiger partial charge on any atom is -0.373 e. The smallest absolute Gasteiger partial charge is 0.251 e. The van der Waals surface area contributed by atoms with Crippen LogP contribution >= 0.6 is 0 Å². The van der Waals surface area contributed by atoms with Crippen LogP contribution < -0.4 is 5.32 Å². The second-order valence-corrected chi connectivity index (χ2v) is 8.85. The number of benzene rings is 2. The van der Waals surface area contributed by atoms with Crippen molar-refractivity contribution in [2.75, 3.05) is 13.1 Å². The summed E-state index contributed by atoms with van der Waals surface area (Å²) >= 11 is 0. The van der Waals surface area contributed by atoms with Crippen LogP contribution in [0.25, 0.3) is 0 Å². The number of ether oxygens (including phenoxy) is 1. The number of carbonyl (C=O) groups excluding carboxylic acids is 1. The minimum absolute atomic E-state index is 0.0724. The highest BCUT2D eigenvalue weighted by atomic mass is 32.2. The van der Waals surface area contributed by atoms with Crippen molar-refractivity contribution in [2.45, 2.75) is 37.5 Å². The third-order valence-electron chi connectivity index (χ3n) is 4.49. The lowest BCUT2D eigenvalue weighted by Crippen LogP contribution is -2.48. The van der Waals surface area contributed by atoms with Crippen molar-refractivity contribution in [1.82, 2.24) is 9.62 Å². The average molecular weight is 406 g/mol. The van der Waals surface area contributed by atoms with Crippen LogP contribution in [0.4, 0.5) is 4.39 Å². The molecule has 1 saturated heterocycles. The summed E-state index contributed by atoms with van der Waals surface area (Å²) in [4.78, 5) is 12.5. The number of amides is 1. The summed E-state index contributed by atoms with van der Waals surface area (Å²) in [6, 6.07) is 11.8. The number of rotatable bonds is 5. The van der Waals surface area contributed by atoms with Gasteiger partial charge in [0.05, 0.1) is 17.1 Å². The molecule has 1 amide bonds. The maximum atomic E-state index is 13.0. The Morgan fingerprint density at radius 2 is 1.79 bits per heavy atom. The Morgan fingerprint density at radius 3 is 2.43 bits per heavy atom. The lowest BCUT2D eigenvalue weighted by molar-refractivity contribution is -0.0440. The molecule has 8 heteroatoms. The first-order valence-electron chi connectivity index (χ1n) is 9.04. The van der Waals surface area contributed by atoms with Crippen molar-refractivity contribution in [2.24, 2.45) is 0 Å². The lowest BCUT2D eigenvalue weighted by atomic mass is 10.2. The van der Waals surface area contributed by atoms with E-state index in [0.717, 1.165) is 5.56 Å². The number of hydrogen-bond donors (Lipinski definition) is 1. The molecule has 0 bridgehead atoms. The molecule has 1 aliphatic rings. The van der Waals surface area contributed by atoms with Crippen LogP contribution in [0.3, 0.4) is 0 Å². The van der Waals surface area contributed by atoms with E-state index in [4.69, 9.17) is 4.74 Å². The normalized spacial score (nSPS) is 20.7. The maximum Gasteiger partial charge on any atom is 0.251 e. The molecule has 6 nitrogen and oxygen atoms in total. The quantitative estimate of drug-likeness (QED) is 0.828. The van der Waals surface area contributed by atoms with Gasteiger partial charge in [-0.3, -0.25) is 4.79 Å².